The second-order valence-electron chi connectivity index (χ2n) is 16.1. The number of esters is 1. The molecule has 0 saturated heterocycles. The first kappa shape index (κ1) is 42.5. The second kappa shape index (κ2) is 17.2. The van der Waals surface area contributed by atoms with Crippen molar-refractivity contribution in [1.82, 2.24) is 0 Å². The van der Waals surface area contributed by atoms with Crippen LogP contribution in [0.5, 0.6) is 5.75 Å². The lowest BCUT2D eigenvalue weighted by molar-refractivity contribution is -0.164. The average molecular weight is 683 g/mol. The van der Waals surface area contributed by atoms with Gasteiger partial charge >= 0.3 is 5.97 Å². The maximum atomic E-state index is 12.2. The number of hydrogen-bond donors (Lipinski definition) is 2. The number of ether oxygens (including phenoxy) is 3. The molecule has 8 nitrogen and oxygen atoms in total. The van der Waals surface area contributed by atoms with Crippen molar-refractivity contribution in [1.29, 1.82) is 0 Å². The fourth-order valence-electron chi connectivity index (χ4n) is 4.87. The predicted molar refractivity (Wildman–Crippen MR) is 192 cm³/mol. The normalized spacial score (nSPS) is 18.3. The van der Waals surface area contributed by atoms with Crippen molar-refractivity contribution in [2.45, 2.75) is 137 Å². The van der Waals surface area contributed by atoms with Crippen molar-refractivity contribution in [3.8, 4) is 5.75 Å². The van der Waals surface area contributed by atoms with E-state index in [1.54, 1.807) is 14.0 Å². The van der Waals surface area contributed by atoms with Crippen LogP contribution in [0.3, 0.4) is 0 Å². The molecule has 7 atom stereocenters. The zero-order chi connectivity index (χ0) is 35.8. The fraction of sp³-hybridized carbons (Fsp3) is 0.750. The Balaban J connectivity index is 3.58. The van der Waals surface area contributed by atoms with E-state index in [1.165, 1.54) is 7.11 Å². The summed E-state index contributed by atoms with van der Waals surface area (Å²) in [5.74, 6) is -0.892. The lowest BCUT2D eigenvalue weighted by Crippen LogP contribution is -2.51. The molecule has 0 bridgehead atoms. The second-order valence-corrected chi connectivity index (χ2v) is 25.6. The maximum absolute atomic E-state index is 12.2. The Bertz CT molecular complexity index is 1100. The van der Waals surface area contributed by atoms with Crippen LogP contribution in [-0.4, -0.2) is 78.1 Å². The molecule has 1 aromatic carbocycles. The molecule has 0 aromatic heterocycles. The number of carbonyl (C=O) groups is 1. The van der Waals surface area contributed by atoms with Crippen LogP contribution >= 0.6 is 0 Å². The highest BCUT2D eigenvalue weighted by molar-refractivity contribution is 6.74. The summed E-state index contributed by atoms with van der Waals surface area (Å²) in [6.07, 6.45) is -1.81. The summed E-state index contributed by atoms with van der Waals surface area (Å²) in [4.78, 5) is 12.2. The van der Waals surface area contributed by atoms with Gasteiger partial charge in [0.15, 0.2) is 22.7 Å². The molecule has 0 aliphatic carbocycles. The van der Waals surface area contributed by atoms with Crippen molar-refractivity contribution in [2.75, 3.05) is 20.8 Å². The van der Waals surface area contributed by atoms with Gasteiger partial charge in [0.25, 0.3) is 0 Å². The van der Waals surface area contributed by atoms with Crippen LogP contribution in [0.1, 0.15) is 74.8 Å². The number of benzene rings is 1. The minimum atomic E-state index is -2.29. The Kier molecular flexibility index (Phi) is 15.9. The van der Waals surface area contributed by atoms with Crippen LogP contribution in [0.4, 0.5) is 0 Å². The van der Waals surface area contributed by atoms with Gasteiger partial charge in [0.1, 0.15) is 5.75 Å². The molecule has 2 N–H and O–H groups in total. The van der Waals surface area contributed by atoms with Gasteiger partial charge in [0.05, 0.1) is 39.1 Å². The number of carbonyl (C=O) groups excluding carboxylic acids is 1. The Labute approximate surface area is 282 Å². The molecular weight excluding hydrogens is 617 g/mol. The summed E-state index contributed by atoms with van der Waals surface area (Å²) in [5, 5.41) is 21.9. The first-order chi connectivity index (χ1) is 20.9. The third-order valence-corrected chi connectivity index (χ3v) is 19.1. The summed E-state index contributed by atoms with van der Waals surface area (Å²) in [6.45, 7) is 31.4. The zero-order valence-corrected chi connectivity index (χ0v) is 33.7. The summed E-state index contributed by atoms with van der Waals surface area (Å²) in [6, 6.07) is 7.62. The molecule has 46 heavy (non-hydrogen) atoms. The Morgan fingerprint density at radius 2 is 1.39 bits per heavy atom. The van der Waals surface area contributed by atoms with Gasteiger partial charge in [-0.25, -0.2) is 4.79 Å². The SMILES string of the molecule is COC(=O)[C@H](O)[C@@H](O)[C@@H](C)[C@H](OCc1ccc(OC)cc1)[C@@H](C)[C@H](O[Si](C)(C)C(C)(C)C)/C(C)=C/[C@@H](C)CO[Si](C)(C)C(C)(C)C. The molecular formula is C36H66O8Si2. The molecule has 0 aliphatic rings. The zero-order valence-electron chi connectivity index (χ0n) is 31.7. The van der Waals surface area contributed by atoms with Gasteiger partial charge in [-0.3, -0.25) is 0 Å². The molecule has 0 amide bonds. The molecule has 0 unspecified atom stereocenters. The summed E-state index contributed by atoms with van der Waals surface area (Å²) in [5.41, 5.74) is 2.00. The van der Waals surface area contributed by atoms with Gasteiger partial charge in [-0.2, -0.15) is 0 Å². The van der Waals surface area contributed by atoms with Crippen LogP contribution in [0.25, 0.3) is 0 Å². The number of aliphatic hydroxyl groups is 2. The van der Waals surface area contributed by atoms with Gasteiger partial charge in [-0.05, 0) is 72.4 Å². The van der Waals surface area contributed by atoms with E-state index in [1.807, 2.05) is 24.3 Å². The van der Waals surface area contributed by atoms with E-state index in [9.17, 15) is 15.0 Å². The van der Waals surface area contributed by atoms with Gasteiger partial charge < -0.3 is 33.3 Å². The number of methoxy groups -OCH3 is 2. The lowest BCUT2D eigenvalue weighted by atomic mass is 9.82. The Morgan fingerprint density at radius 3 is 1.85 bits per heavy atom. The standard InChI is InChI=1S/C36H66O8Si2/c1-24(22-43-45(13,14)35(5,6)7)21-25(2)32(44-46(15,16)36(8,9)10)27(4)33(26(3)30(37)31(38)34(39)41-12)42-23-28-17-19-29(40-11)20-18-28/h17-21,24,26-27,30-33,37-38H,22-23H2,1-16H3/b25-21+/t24-,26-,27+,30+,31-,32-,33+/m1/s1. The lowest BCUT2D eigenvalue weighted by Gasteiger charge is -2.44. The van der Waals surface area contributed by atoms with E-state index in [4.69, 9.17) is 23.1 Å². The van der Waals surface area contributed by atoms with Crippen molar-refractivity contribution in [2.24, 2.45) is 17.8 Å². The number of aliphatic hydroxyl groups excluding tert-OH is 2. The fourth-order valence-corrected chi connectivity index (χ4v) is 7.37. The van der Waals surface area contributed by atoms with E-state index in [0.717, 1.165) is 16.9 Å². The molecule has 1 aromatic rings. The van der Waals surface area contributed by atoms with E-state index in [2.05, 4.69) is 94.6 Å². The first-order valence-electron chi connectivity index (χ1n) is 16.6. The predicted octanol–water partition coefficient (Wildman–Crippen LogP) is 7.74. The molecule has 0 radical (unpaired) electrons. The van der Waals surface area contributed by atoms with Crippen LogP contribution < -0.4 is 4.74 Å². The topological polar surface area (TPSA) is 104 Å². The van der Waals surface area contributed by atoms with Crippen LogP contribution in [0.2, 0.25) is 36.3 Å². The summed E-state index contributed by atoms with van der Waals surface area (Å²) in [7, 11) is -1.40. The van der Waals surface area contributed by atoms with Gasteiger partial charge in [-0.15, -0.1) is 0 Å². The Hall–Kier alpha value is -1.54. The van der Waals surface area contributed by atoms with E-state index in [-0.39, 0.29) is 34.6 Å². The van der Waals surface area contributed by atoms with Crippen molar-refractivity contribution in [3.63, 3.8) is 0 Å². The van der Waals surface area contributed by atoms with E-state index >= 15 is 0 Å². The molecule has 0 spiro atoms. The molecule has 1 rings (SSSR count). The van der Waals surface area contributed by atoms with E-state index < -0.39 is 46.8 Å². The molecule has 0 fully saturated rings. The monoisotopic (exact) mass is 682 g/mol. The number of hydrogen-bond acceptors (Lipinski definition) is 8. The maximum Gasteiger partial charge on any atom is 0.337 e. The molecule has 0 saturated carbocycles. The third kappa shape index (κ3) is 11.9. The average Bonchev–Trinajstić information content (AvgIpc) is 2.96. The minimum Gasteiger partial charge on any atom is -0.497 e. The van der Waals surface area contributed by atoms with Crippen LogP contribution in [0, 0.1) is 17.8 Å². The van der Waals surface area contributed by atoms with Gasteiger partial charge in [-0.1, -0.05) is 80.5 Å². The van der Waals surface area contributed by atoms with Crippen molar-refractivity contribution >= 4 is 22.6 Å². The molecule has 266 valence electrons. The Morgan fingerprint density at radius 1 is 0.870 bits per heavy atom. The van der Waals surface area contributed by atoms with Crippen LogP contribution in [-0.2, 0) is 29.7 Å². The van der Waals surface area contributed by atoms with Crippen LogP contribution in [0.15, 0.2) is 35.9 Å². The smallest absolute Gasteiger partial charge is 0.337 e. The van der Waals surface area contributed by atoms with Gasteiger partial charge in [0, 0.05) is 18.4 Å². The summed E-state index contributed by atoms with van der Waals surface area (Å²) >= 11 is 0. The highest BCUT2D eigenvalue weighted by Crippen LogP contribution is 2.41. The molecule has 0 aliphatic heterocycles. The molecule has 10 heteroatoms. The highest BCUT2D eigenvalue weighted by atomic mass is 28.4. The largest absolute Gasteiger partial charge is 0.497 e. The van der Waals surface area contributed by atoms with Crippen molar-refractivity contribution in [3.05, 3.63) is 41.5 Å². The highest BCUT2D eigenvalue weighted by Gasteiger charge is 2.45. The third-order valence-electron chi connectivity index (χ3n) is 10.2. The number of rotatable bonds is 17. The molecule has 0 heterocycles. The van der Waals surface area contributed by atoms with Gasteiger partial charge in [0.2, 0.25) is 0 Å². The quantitative estimate of drug-likeness (QED) is 0.0977. The van der Waals surface area contributed by atoms with Crippen molar-refractivity contribution < 1.29 is 38.1 Å². The summed E-state index contributed by atoms with van der Waals surface area (Å²) < 4.78 is 30.4. The first-order valence-corrected chi connectivity index (χ1v) is 22.4. The van der Waals surface area contributed by atoms with E-state index in [0.29, 0.717) is 6.61 Å². The minimum absolute atomic E-state index is 0.0477.